The van der Waals surface area contributed by atoms with Crippen LogP contribution in [0.5, 0.6) is 11.5 Å². The summed E-state index contributed by atoms with van der Waals surface area (Å²) in [5, 5.41) is 16.9. The summed E-state index contributed by atoms with van der Waals surface area (Å²) in [6, 6.07) is 16.4. The SMILES string of the molecule is CNC(=O)c1n[nH]c2ccc(OS(=O)(=O)c3ccc(Cl)c(Cl)c3)cc12.NC(=O)c1n[nH]c2ccc(OS(=O)(=O)c3ccc(Cl)c(Cl)c3)cc12. The standard InChI is InChI=1S/C15H11Cl2N3O4S.C14H9Cl2N3O4S/c1-18-15(21)14-10-6-8(2-5-13(10)19-20-14)24-25(22,23)9-3-4-11(16)12(17)7-9;15-10-3-2-8(6-11(10)16)24(21,22)23-7-1-4-12-9(5-7)13(14(17)20)19-18-12/h2-7H,1H3,(H,18,21)(H,19,20);1-6H,(H2,17,20)(H,18,19). The van der Waals surface area contributed by atoms with Gasteiger partial charge in [-0.3, -0.25) is 19.8 Å². The van der Waals surface area contributed by atoms with E-state index in [0.29, 0.717) is 21.8 Å². The first-order chi connectivity index (χ1) is 23.1. The smallest absolute Gasteiger partial charge is 0.339 e. The topological polar surface area (TPSA) is 216 Å². The Hall–Kier alpha value is -4.58. The van der Waals surface area contributed by atoms with Crippen LogP contribution in [0.3, 0.4) is 0 Å². The molecule has 0 radical (unpaired) electrons. The lowest BCUT2D eigenvalue weighted by molar-refractivity contribution is 0.0958. The molecule has 254 valence electrons. The summed E-state index contributed by atoms with van der Waals surface area (Å²) in [7, 11) is -6.77. The van der Waals surface area contributed by atoms with Gasteiger partial charge in [0.05, 0.1) is 31.1 Å². The summed E-state index contributed by atoms with van der Waals surface area (Å²) >= 11 is 23.2. The molecule has 2 aromatic heterocycles. The number of benzene rings is 4. The van der Waals surface area contributed by atoms with E-state index in [0.717, 1.165) is 0 Å². The number of amides is 2. The zero-order valence-electron chi connectivity index (χ0n) is 24.5. The number of carbonyl (C=O) groups is 2. The van der Waals surface area contributed by atoms with E-state index in [9.17, 15) is 26.4 Å². The Bertz CT molecular complexity index is 2490. The Balaban J connectivity index is 0.000000191. The number of carbonyl (C=O) groups excluding carboxylic acids is 2. The first kappa shape index (κ1) is 35.7. The van der Waals surface area contributed by atoms with Gasteiger partial charge in [-0.25, -0.2) is 0 Å². The summed E-state index contributed by atoms with van der Waals surface area (Å²) in [5.41, 5.74) is 6.42. The molecule has 4 aromatic carbocycles. The van der Waals surface area contributed by atoms with E-state index < -0.39 is 32.1 Å². The average molecular weight is 786 g/mol. The number of H-pyrrole nitrogens is 2. The largest absolute Gasteiger partial charge is 0.379 e. The Kier molecular flexibility index (Phi) is 10.3. The van der Waals surface area contributed by atoms with E-state index in [1.54, 1.807) is 6.07 Å². The van der Waals surface area contributed by atoms with Gasteiger partial charge in [0, 0.05) is 17.8 Å². The highest BCUT2D eigenvalue weighted by Crippen LogP contribution is 2.30. The molecule has 5 N–H and O–H groups in total. The highest BCUT2D eigenvalue weighted by Gasteiger charge is 2.21. The van der Waals surface area contributed by atoms with E-state index in [2.05, 4.69) is 25.7 Å². The van der Waals surface area contributed by atoms with E-state index >= 15 is 0 Å². The number of aromatic amines is 2. The van der Waals surface area contributed by atoms with Crippen LogP contribution in [0.25, 0.3) is 21.8 Å². The number of hydrogen-bond acceptors (Lipinski definition) is 10. The predicted molar refractivity (Wildman–Crippen MR) is 183 cm³/mol. The van der Waals surface area contributed by atoms with Crippen LogP contribution in [0.15, 0.2) is 82.6 Å². The molecule has 49 heavy (non-hydrogen) atoms. The fourth-order valence-corrected chi connectivity index (χ4v) is 6.81. The molecule has 0 atom stereocenters. The lowest BCUT2D eigenvalue weighted by atomic mass is 10.2. The van der Waals surface area contributed by atoms with Crippen molar-refractivity contribution in [3.8, 4) is 11.5 Å². The molecule has 0 aliphatic carbocycles. The second-order valence-corrected chi connectivity index (χ2v) is 14.5. The van der Waals surface area contributed by atoms with Crippen molar-refractivity contribution in [3.05, 3.63) is 104 Å². The first-order valence-corrected chi connectivity index (χ1v) is 17.7. The Labute approximate surface area is 297 Å². The number of nitrogens with two attached hydrogens (primary N) is 1. The van der Waals surface area contributed by atoms with Gasteiger partial charge in [-0.05, 0) is 72.8 Å². The van der Waals surface area contributed by atoms with E-state index in [1.165, 1.54) is 73.8 Å². The number of hydrogen-bond donors (Lipinski definition) is 4. The zero-order chi connectivity index (χ0) is 35.7. The van der Waals surface area contributed by atoms with Crippen molar-refractivity contribution in [2.75, 3.05) is 7.05 Å². The van der Waals surface area contributed by atoms with Gasteiger partial charge in [-0.1, -0.05) is 46.4 Å². The molecule has 0 unspecified atom stereocenters. The quantitative estimate of drug-likeness (QED) is 0.137. The van der Waals surface area contributed by atoms with Gasteiger partial charge in [-0.2, -0.15) is 27.0 Å². The second-order valence-electron chi connectivity index (χ2n) is 9.73. The predicted octanol–water partition coefficient (Wildman–Crippen LogP) is 5.73. The third kappa shape index (κ3) is 7.85. The normalized spacial score (nSPS) is 11.5. The number of nitrogens with one attached hydrogen (secondary N) is 3. The van der Waals surface area contributed by atoms with E-state index in [4.69, 9.17) is 60.5 Å². The summed E-state index contributed by atoms with van der Waals surface area (Å²) in [4.78, 5) is 22.8. The lowest BCUT2D eigenvalue weighted by Gasteiger charge is -2.08. The molecule has 0 fully saturated rings. The van der Waals surface area contributed by atoms with Crippen LogP contribution in [0.2, 0.25) is 20.1 Å². The maximum absolute atomic E-state index is 12.4. The van der Waals surface area contributed by atoms with Gasteiger partial charge in [0.1, 0.15) is 21.3 Å². The highest BCUT2D eigenvalue weighted by molar-refractivity contribution is 7.87. The fourth-order valence-electron chi connectivity index (χ4n) is 4.18. The van der Waals surface area contributed by atoms with Gasteiger partial charge >= 0.3 is 20.2 Å². The van der Waals surface area contributed by atoms with Gasteiger partial charge in [0.2, 0.25) is 0 Å². The average Bonchev–Trinajstić information content (AvgIpc) is 3.67. The minimum Gasteiger partial charge on any atom is -0.379 e. The molecular formula is C29H20Cl4N6O8S2. The maximum atomic E-state index is 12.4. The molecule has 0 aliphatic rings. The van der Waals surface area contributed by atoms with Gasteiger partial charge in [0.15, 0.2) is 11.4 Å². The van der Waals surface area contributed by atoms with Crippen molar-refractivity contribution >= 4 is 100 Å². The van der Waals surface area contributed by atoms with Crippen LogP contribution in [-0.2, 0) is 20.2 Å². The molecule has 20 heteroatoms. The lowest BCUT2D eigenvalue weighted by Crippen LogP contribution is -2.18. The molecule has 0 bridgehead atoms. The summed E-state index contributed by atoms with van der Waals surface area (Å²) in [6.07, 6.45) is 0. The Morgan fingerprint density at radius 3 is 1.49 bits per heavy atom. The molecule has 6 aromatic rings. The third-order valence-corrected chi connectivity index (χ3v) is 10.5. The molecule has 14 nitrogen and oxygen atoms in total. The van der Waals surface area contributed by atoms with Crippen molar-refractivity contribution in [3.63, 3.8) is 0 Å². The van der Waals surface area contributed by atoms with Crippen molar-refractivity contribution in [2.24, 2.45) is 5.73 Å². The Morgan fingerprint density at radius 2 is 1.08 bits per heavy atom. The van der Waals surface area contributed by atoms with E-state index in [-0.39, 0.29) is 52.8 Å². The van der Waals surface area contributed by atoms with Crippen molar-refractivity contribution in [1.82, 2.24) is 25.7 Å². The number of fused-ring (bicyclic) bond motifs is 2. The minimum absolute atomic E-state index is 0.00234. The second kappa shape index (κ2) is 14.1. The van der Waals surface area contributed by atoms with Gasteiger partial charge < -0.3 is 19.4 Å². The van der Waals surface area contributed by atoms with Crippen LogP contribution >= 0.6 is 46.4 Å². The molecule has 0 saturated heterocycles. The van der Waals surface area contributed by atoms with Crippen molar-refractivity contribution in [2.45, 2.75) is 9.79 Å². The molecule has 0 spiro atoms. The molecule has 0 saturated carbocycles. The minimum atomic E-state index is -4.13. The van der Waals surface area contributed by atoms with Gasteiger partial charge in [0.25, 0.3) is 11.8 Å². The van der Waals surface area contributed by atoms with Crippen molar-refractivity contribution in [1.29, 1.82) is 0 Å². The highest BCUT2D eigenvalue weighted by atomic mass is 35.5. The summed E-state index contributed by atoms with van der Waals surface area (Å²) < 4.78 is 59.6. The number of aromatic nitrogens is 4. The van der Waals surface area contributed by atoms with Crippen LogP contribution < -0.4 is 19.4 Å². The maximum Gasteiger partial charge on any atom is 0.339 e. The summed E-state index contributed by atoms with van der Waals surface area (Å²) in [6.45, 7) is 0. The zero-order valence-corrected chi connectivity index (χ0v) is 29.2. The molecular weight excluding hydrogens is 766 g/mol. The Morgan fingerprint density at radius 1 is 0.653 bits per heavy atom. The molecule has 6 rings (SSSR count). The van der Waals surface area contributed by atoms with Crippen LogP contribution in [0.4, 0.5) is 0 Å². The van der Waals surface area contributed by atoms with Gasteiger partial charge in [-0.15, -0.1) is 0 Å². The van der Waals surface area contributed by atoms with Crippen molar-refractivity contribution < 1.29 is 34.8 Å². The summed E-state index contributed by atoms with van der Waals surface area (Å²) in [5.74, 6) is -1.12. The molecule has 2 amide bonds. The molecule has 2 heterocycles. The number of nitrogens with zero attached hydrogens (tertiary/aromatic N) is 2. The van der Waals surface area contributed by atoms with E-state index in [1.807, 2.05) is 0 Å². The number of halogens is 4. The fraction of sp³-hybridized carbons (Fsp3) is 0.0345. The third-order valence-electron chi connectivity index (χ3n) is 6.52. The van der Waals surface area contributed by atoms with Crippen LogP contribution in [-0.4, -0.2) is 56.1 Å². The van der Waals surface area contributed by atoms with Crippen LogP contribution in [0, 0.1) is 0 Å². The molecule has 0 aliphatic heterocycles. The van der Waals surface area contributed by atoms with Crippen LogP contribution in [0.1, 0.15) is 21.0 Å². The number of rotatable bonds is 8. The monoisotopic (exact) mass is 784 g/mol. The first-order valence-electron chi connectivity index (χ1n) is 13.4. The number of primary amides is 1.